The number of hydrogen-bond donors (Lipinski definition) is 0. The van der Waals surface area contributed by atoms with E-state index < -0.39 is 113 Å². The number of rotatable bonds is 62. The summed E-state index contributed by atoms with van der Waals surface area (Å²) in [6.45, 7) is 51.2. The van der Waals surface area contributed by atoms with Crippen LogP contribution in [0.5, 0.6) is 0 Å². The topological polar surface area (TPSA) is 0 Å². The standard InChI is InChI=1S/C14H27F3.C14H30.C13H22F6.2C13H25F3.C13H28.C11H18F6.C11H21F3/c1-4-5-7-13(10-9-12(2)3)8-6-11-14(15,16)17;1-5-7-9-14(10-8-6-2)12-11-13(3)4;1-10(2)5-6-11(7-9-13(17,18)19)4-3-8-12(14,15)16;1-4-6-12(9-8-11(2)3)7-5-10-13(14,15)16;1-4-5-6-12(8-7-11(2)3)9-10-13(14,15)16;1-5-7-9-13(8-6-2)11-10-12(3)4;1-8(2)5-6-9(11(15,16)17)4-3-7-10(12,13)14;1-4-5-6-10(11(12,13)14)8-7-9(2)3/h12-13H,4-11H2,1-3H3;13-14H,5-12H2,1-4H3;10-11H,3-9H2,1-2H3;2*11-12H,4-10H2,1-3H3;12-13H,5-11H2,1-4H3;8-9H,3-7H2,1-2H3;9-10H,4-8H2,1-3H3. The first-order chi connectivity index (χ1) is 57.8. The number of unbranched alkanes of at least 4 members (excludes halogenated alkanes) is 6. The van der Waals surface area contributed by atoms with Crippen LogP contribution < -0.4 is 0 Å². The van der Waals surface area contributed by atoms with Crippen molar-refractivity contribution in [3.05, 3.63) is 0 Å². The molecule has 0 N–H and O–H groups in total. The predicted octanol–water partition coefficient (Wildman–Crippen LogP) is 43.8. The molecule has 7 atom stereocenters. The molecule has 0 aliphatic carbocycles. The van der Waals surface area contributed by atoms with Gasteiger partial charge < -0.3 is 0 Å². The van der Waals surface area contributed by atoms with Gasteiger partial charge in [-0.25, -0.2) is 0 Å². The first-order valence-corrected chi connectivity index (χ1v) is 50.4. The lowest BCUT2D eigenvalue weighted by Crippen LogP contribution is -2.24. The summed E-state index contributed by atoms with van der Waals surface area (Å²) < 4.78 is 292. The van der Waals surface area contributed by atoms with Gasteiger partial charge in [0.1, 0.15) is 0 Å². The molecule has 0 spiro atoms. The highest BCUT2D eigenvalue weighted by molar-refractivity contribution is 4.74. The Bertz CT molecular complexity index is 2160. The lowest BCUT2D eigenvalue weighted by Gasteiger charge is -2.21. The van der Waals surface area contributed by atoms with Crippen LogP contribution in [0.4, 0.5) is 105 Å². The van der Waals surface area contributed by atoms with Gasteiger partial charge in [0.25, 0.3) is 0 Å². The minimum absolute atomic E-state index is 0.0614. The Morgan fingerprint density at radius 3 is 0.437 bits per heavy atom. The number of halogens is 24. The second-order valence-corrected chi connectivity index (χ2v) is 40.2. The molecule has 0 fully saturated rings. The Labute approximate surface area is 759 Å². The van der Waals surface area contributed by atoms with Gasteiger partial charge in [-0.05, 0) is 147 Å². The summed E-state index contributed by atoms with van der Waals surface area (Å²) in [5, 5.41) is 0. The third-order valence-electron chi connectivity index (χ3n) is 23.1. The van der Waals surface area contributed by atoms with Crippen LogP contribution in [0.2, 0.25) is 0 Å². The van der Waals surface area contributed by atoms with Gasteiger partial charge in [0.15, 0.2) is 0 Å². The first-order valence-electron chi connectivity index (χ1n) is 50.4. The lowest BCUT2D eigenvalue weighted by atomic mass is 9.89. The van der Waals surface area contributed by atoms with Crippen molar-refractivity contribution in [2.75, 3.05) is 0 Å². The van der Waals surface area contributed by atoms with Gasteiger partial charge in [-0.3, -0.25) is 0 Å². The molecule has 0 heterocycles. The van der Waals surface area contributed by atoms with Crippen molar-refractivity contribution in [3.63, 3.8) is 0 Å². The van der Waals surface area contributed by atoms with Gasteiger partial charge in [-0.15, -0.1) is 0 Å². The molecule has 0 aromatic rings. The van der Waals surface area contributed by atoms with Gasteiger partial charge in [0, 0.05) is 38.5 Å². The molecule has 126 heavy (non-hydrogen) atoms. The zero-order valence-electron chi connectivity index (χ0n) is 84.5. The monoisotopic (exact) mass is 1880 g/mol. The van der Waals surface area contributed by atoms with E-state index in [2.05, 4.69) is 118 Å². The molecule has 0 bridgehead atoms. The fourth-order valence-electron chi connectivity index (χ4n) is 14.8. The minimum Gasteiger partial charge on any atom is -0.171 e. The summed E-state index contributed by atoms with van der Waals surface area (Å²) >= 11 is 0. The molecular weight excluding hydrogens is 1680 g/mol. The summed E-state index contributed by atoms with van der Waals surface area (Å²) in [7, 11) is 0. The van der Waals surface area contributed by atoms with Crippen LogP contribution in [0.1, 0.15) is 513 Å². The average Bonchev–Trinajstić information content (AvgIpc) is 0.880. The third kappa shape index (κ3) is 124. The highest BCUT2D eigenvalue weighted by atomic mass is 19.4. The number of hydrogen-bond acceptors (Lipinski definition) is 0. The Morgan fingerprint density at radius 1 is 0.135 bits per heavy atom. The van der Waals surface area contributed by atoms with Crippen molar-refractivity contribution in [3.8, 4) is 0 Å². The zero-order chi connectivity index (χ0) is 99.4. The molecule has 24 heteroatoms. The van der Waals surface area contributed by atoms with Crippen LogP contribution in [0.15, 0.2) is 0 Å². The largest absolute Gasteiger partial charge is 0.391 e. The van der Waals surface area contributed by atoms with E-state index >= 15 is 0 Å². The summed E-state index contributed by atoms with van der Waals surface area (Å²) in [5.74, 6) is 4.90. The molecule has 772 valence electrons. The smallest absolute Gasteiger partial charge is 0.171 e. The van der Waals surface area contributed by atoms with Crippen LogP contribution in [-0.2, 0) is 0 Å². The van der Waals surface area contributed by atoms with Crippen molar-refractivity contribution in [1.29, 1.82) is 0 Å². The Kier molecular flexibility index (Phi) is 93.0. The second kappa shape index (κ2) is 83.9. The molecule has 7 unspecified atom stereocenters. The molecule has 0 radical (unpaired) electrons. The van der Waals surface area contributed by atoms with E-state index in [4.69, 9.17) is 0 Å². The lowest BCUT2D eigenvalue weighted by molar-refractivity contribution is -0.182. The van der Waals surface area contributed by atoms with E-state index in [1.165, 1.54) is 96.3 Å². The van der Waals surface area contributed by atoms with Crippen LogP contribution in [0.3, 0.4) is 0 Å². The Hall–Kier alpha value is -1.68. The third-order valence-corrected chi connectivity index (χ3v) is 23.1. The van der Waals surface area contributed by atoms with Crippen LogP contribution in [0, 0.1) is 94.7 Å². The van der Waals surface area contributed by atoms with E-state index in [0.717, 1.165) is 139 Å². The summed E-state index contributed by atoms with van der Waals surface area (Å²) in [6, 6.07) is 0. The van der Waals surface area contributed by atoms with Crippen molar-refractivity contribution in [1.82, 2.24) is 0 Å². The van der Waals surface area contributed by atoms with Crippen LogP contribution in [-0.4, -0.2) is 49.4 Å². The summed E-state index contributed by atoms with van der Waals surface area (Å²) in [6.07, 6.45) is 4.60. The molecule has 0 aliphatic heterocycles. The quantitative estimate of drug-likeness (QED) is 0.0533. The average molecular weight is 1880 g/mol. The van der Waals surface area contributed by atoms with Crippen LogP contribution in [0.25, 0.3) is 0 Å². The van der Waals surface area contributed by atoms with E-state index in [1.54, 1.807) is 13.8 Å². The molecule has 0 saturated heterocycles. The molecule has 0 aliphatic rings. The first kappa shape index (κ1) is 140. The van der Waals surface area contributed by atoms with Gasteiger partial charge in [0.2, 0.25) is 0 Å². The minimum atomic E-state index is -4.39. The van der Waals surface area contributed by atoms with E-state index in [-0.39, 0.29) is 43.4 Å². The second-order valence-electron chi connectivity index (χ2n) is 40.2. The molecule has 0 aromatic carbocycles. The van der Waals surface area contributed by atoms with Crippen molar-refractivity contribution >= 4 is 0 Å². The Balaban J connectivity index is -0.000000211. The molecule has 0 aromatic heterocycles. The van der Waals surface area contributed by atoms with Crippen molar-refractivity contribution in [2.45, 2.75) is 562 Å². The van der Waals surface area contributed by atoms with Gasteiger partial charge in [-0.2, -0.15) is 105 Å². The summed E-state index contributed by atoms with van der Waals surface area (Å²) in [4.78, 5) is 0. The Morgan fingerprint density at radius 2 is 0.278 bits per heavy atom. The van der Waals surface area contributed by atoms with Crippen LogP contribution >= 0.6 is 0 Å². The molecule has 0 amide bonds. The maximum absolute atomic E-state index is 12.5. The van der Waals surface area contributed by atoms with Crippen molar-refractivity contribution in [2.24, 2.45) is 94.7 Å². The fourth-order valence-corrected chi connectivity index (χ4v) is 14.8. The van der Waals surface area contributed by atoms with E-state index in [1.807, 2.05) is 34.6 Å². The summed E-state index contributed by atoms with van der Waals surface area (Å²) in [5.41, 5.74) is 0. The molecular formula is C102H196F24. The predicted molar refractivity (Wildman–Crippen MR) is 490 cm³/mol. The highest BCUT2D eigenvalue weighted by Crippen LogP contribution is 2.40. The van der Waals surface area contributed by atoms with Gasteiger partial charge >= 0.3 is 49.4 Å². The molecule has 0 nitrogen and oxygen atoms in total. The maximum Gasteiger partial charge on any atom is 0.391 e. The normalized spacial score (nSPS) is 14.3. The van der Waals surface area contributed by atoms with Gasteiger partial charge in [0.05, 0.1) is 11.8 Å². The van der Waals surface area contributed by atoms with E-state index in [0.29, 0.717) is 99.2 Å². The maximum atomic E-state index is 12.5. The fraction of sp³-hybridized carbons (Fsp3) is 1.00. The van der Waals surface area contributed by atoms with Gasteiger partial charge in [-0.1, -0.05) is 410 Å². The molecule has 0 rings (SSSR count). The van der Waals surface area contributed by atoms with Crippen molar-refractivity contribution < 1.29 is 105 Å². The highest BCUT2D eigenvalue weighted by Gasteiger charge is 2.41. The zero-order valence-corrected chi connectivity index (χ0v) is 84.5. The molecule has 0 saturated carbocycles. The SMILES string of the molecule is CC(C)CCC(CCCC(F)(F)F)C(F)(F)F.CC(C)CCC(CCCC(F)(F)F)CCC(F)(F)F.CCCC(CCCC(F)(F)F)CCC(C)C.CCCCC(CCC(C)C)C(F)(F)F.CCCCC(CCC(C)C)CCC(F)(F)F.CCCCC(CCC)CCC(C)C.CCCCC(CCCC(F)(F)F)CCC(C)C.CCCCC(CCCC)CCC(C)C. The number of alkyl halides is 24. The van der Waals surface area contributed by atoms with E-state index in [9.17, 15) is 105 Å².